The molecule has 0 fully saturated rings. The zero-order chi connectivity index (χ0) is 22.2. The Hall–Kier alpha value is -2.05. The van der Waals surface area contributed by atoms with Gasteiger partial charge in [-0.2, -0.15) is 0 Å². The van der Waals surface area contributed by atoms with E-state index in [1.54, 1.807) is 62.4 Å². The predicted molar refractivity (Wildman–Crippen MR) is 114 cm³/mol. The van der Waals surface area contributed by atoms with E-state index in [0.717, 1.165) is 0 Å². The van der Waals surface area contributed by atoms with Crippen LogP contribution in [0.25, 0.3) is 0 Å². The Kier molecular flexibility index (Phi) is 9.17. The molecule has 5 heteroatoms. The van der Waals surface area contributed by atoms with Gasteiger partial charge in [0, 0.05) is 17.4 Å². The summed E-state index contributed by atoms with van der Waals surface area (Å²) in [6, 6.07) is 17.7. The molecule has 0 spiro atoms. The minimum atomic E-state index is -1.28. The summed E-state index contributed by atoms with van der Waals surface area (Å²) < 4.78 is 5.26. The molecule has 2 aromatic rings. The van der Waals surface area contributed by atoms with Crippen LogP contribution in [-0.4, -0.2) is 32.7 Å². The number of aliphatic hydroxyl groups is 3. The van der Waals surface area contributed by atoms with Gasteiger partial charge >= 0.3 is 0 Å². The molecule has 2 aromatic carbocycles. The Labute approximate surface area is 174 Å². The molecule has 3 atom stereocenters. The molecule has 0 heterocycles. The van der Waals surface area contributed by atoms with Crippen molar-refractivity contribution in [2.75, 3.05) is 0 Å². The van der Waals surface area contributed by atoms with Crippen LogP contribution in [0.4, 0.5) is 0 Å². The van der Waals surface area contributed by atoms with Gasteiger partial charge in [-0.3, -0.25) is 4.79 Å². The number of hydrogen-bond donors (Lipinski definition) is 3. The SMILES string of the molecule is CC(C)C(C)(O)OC(C)(O)C(C)C.O=C(c1ccccc1)C(O)c1ccccc1. The van der Waals surface area contributed by atoms with E-state index in [1.807, 2.05) is 39.8 Å². The summed E-state index contributed by atoms with van der Waals surface area (Å²) in [4.78, 5) is 11.9. The van der Waals surface area contributed by atoms with Crippen molar-refractivity contribution in [2.45, 2.75) is 59.2 Å². The summed E-state index contributed by atoms with van der Waals surface area (Å²) >= 11 is 0. The van der Waals surface area contributed by atoms with Gasteiger partial charge in [0.25, 0.3) is 0 Å². The quantitative estimate of drug-likeness (QED) is 0.474. The number of hydrogen-bond acceptors (Lipinski definition) is 5. The third kappa shape index (κ3) is 7.71. The standard InChI is InChI=1S/C14H12O2.C10H22O3/c15-13(11-7-3-1-4-8-11)14(16)12-9-5-2-6-10-12;1-7(2)9(5,11)13-10(6,12)8(3)4/h1-10,13,15H;7-8,11-12H,1-6H3. The second kappa shape index (κ2) is 10.6. The van der Waals surface area contributed by atoms with E-state index in [4.69, 9.17) is 4.74 Å². The Balaban J connectivity index is 0.000000298. The minimum Gasteiger partial charge on any atom is -0.380 e. The highest BCUT2D eigenvalue weighted by atomic mass is 16.7. The van der Waals surface area contributed by atoms with Crippen molar-refractivity contribution in [3.05, 3.63) is 71.8 Å². The molecule has 0 aliphatic heterocycles. The van der Waals surface area contributed by atoms with Gasteiger partial charge in [0.1, 0.15) is 6.10 Å². The number of aliphatic hydroxyl groups excluding tert-OH is 1. The Bertz CT molecular complexity index is 718. The van der Waals surface area contributed by atoms with Gasteiger partial charge < -0.3 is 20.1 Å². The monoisotopic (exact) mass is 402 g/mol. The van der Waals surface area contributed by atoms with Gasteiger partial charge in [-0.25, -0.2) is 0 Å². The highest BCUT2D eigenvalue weighted by Gasteiger charge is 2.37. The van der Waals surface area contributed by atoms with E-state index in [0.29, 0.717) is 11.1 Å². The van der Waals surface area contributed by atoms with Crippen LogP contribution in [-0.2, 0) is 4.74 Å². The molecule has 0 aromatic heterocycles. The molecular formula is C24H34O5. The highest BCUT2D eigenvalue weighted by molar-refractivity contribution is 5.99. The maximum absolute atomic E-state index is 11.9. The number of carbonyl (C=O) groups excluding carboxylic acids is 1. The Morgan fingerprint density at radius 3 is 1.55 bits per heavy atom. The van der Waals surface area contributed by atoms with E-state index < -0.39 is 17.7 Å². The fourth-order valence-electron chi connectivity index (χ4n) is 2.20. The van der Waals surface area contributed by atoms with Crippen LogP contribution < -0.4 is 0 Å². The second-order valence-corrected chi connectivity index (χ2v) is 8.06. The van der Waals surface area contributed by atoms with E-state index >= 15 is 0 Å². The summed E-state index contributed by atoms with van der Waals surface area (Å²) in [5.41, 5.74) is 1.15. The van der Waals surface area contributed by atoms with Crippen LogP contribution in [0.15, 0.2) is 60.7 Å². The van der Waals surface area contributed by atoms with Crippen molar-refractivity contribution in [2.24, 2.45) is 11.8 Å². The average Bonchev–Trinajstić information content (AvgIpc) is 2.67. The summed E-state index contributed by atoms with van der Waals surface area (Å²) in [6.45, 7) is 10.5. The third-order valence-corrected chi connectivity index (χ3v) is 4.98. The third-order valence-electron chi connectivity index (χ3n) is 4.98. The zero-order valence-electron chi connectivity index (χ0n) is 18.2. The lowest BCUT2D eigenvalue weighted by Gasteiger charge is -2.38. The molecule has 29 heavy (non-hydrogen) atoms. The van der Waals surface area contributed by atoms with Crippen LogP contribution in [0, 0.1) is 11.8 Å². The van der Waals surface area contributed by atoms with Gasteiger partial charge in [-0.05, 0) is 19.4 Å². The van der Waals surface area contributed by atoms with Crippen LogP contribution in [0.2, 0.25) is 0 Å². The smallest absolute Gasteiger partial charge is 0.195 e. The Morgan fingerprint density at radius 1 is 0.793 bits per heavy atom. The predicted octanol–water partition coefficient (Wildman–Crippen LogP) is 4.33. The van der Waals surface area contributed by atoms with Crippen molar-refractivity contribution in [1.82, 2.24) is 0 Å². The largest absolute Gasteiger partial charge is 0.380 e. The van der Waals surface area contributed by atoms with E-state index in [1.165, 1.54) is 0 Å². The first-order valence-corrected chi connectivity index (χ1v) is 9.85. The van der Waals surface area contributed by atoms with Crippen molar-refractivity contribution < 1.29 is 24.9 Å². The molecule has 0 radical (unpaired) electrons. The Morgan fingerprint density at radius 2 is 1.17 bits per heavy atom. The zero-order valence-corrected chi connectivity index (χ0v) is 18.2. The van der Waals surface area contributed by atoms with E-state index in [9.17, 15) is 20.1 Å². The molecule has 5 nitrogen and oxygen atoms in total. The van der Waals surface area contributed by atoms with E-state index in [2.05, 4.69) is 0 Å². The summed E-state index contributed by atoms with van der Waals surface area (Å²) in [6.07, 6.45) is -1.08. The fraction of sp³-hybridized carbons (Fsp3) is 0.458. The number of ketones is 1. The highest BCUT2D eigenvalue weighted by Crippen LogP contribution is 2.28. The molecule has 160 valence electrons. The maximum atomic E-state index is 11.9. The molecule has 3 unspecified atom stereocenters. The number of rotatable bonds is 7. The van der Waals surface area contributed by atoms with Gasteiger partial charge in [0.05, 0.1) is 0 Å². The van der Waals surface area contributed by atoms with Crippen molar-refractivity contribution in [3.8, 4) is 0 Å². The van der Waals surface area contributed by atoms with Gasteiger partial charge in [0.15, 0.2) is 17.4 Å². The topological polar surface area (TPSA) is 87.0 Å². The molecule has 3 N–H and O–H groups in total. The molecule has 0 saturated carbocycles. The number of carbonyl (C=O) groups is 1. The van der Waals surface area contributed by atoms with Crippen LogP contribution in [0.3, 0.4) is 0 Å². The number of Topliss-reactive ketones (excluding diaryl/α,β-unsaturated/α-hetero) is 1. The normalized spacial score (nSPS) is 16.4. The maximum Gasteiger partial charge on any atom is 0.195 e. The molecule has 0 saturated heterocycles. The first-order chi connectivity index (χ1) is 13.4. The van der Waals surface area contributed by atoms with Crippen LogP contribution in [0.1, 0.15) is 63.6 Å². The van der Waals surface area contributed by atoms with Gasteiger partial charge in [0.2, 0.25) is 0 Å². The molecule has 0 aliphatic rings. The molecular weight excluding hydrogens is 368 g/mol. The number of ether oxygens (including phenoxy) is 1. The van der Waals surface area contributed by atoms with Crippen molar-refractivity contribution >= 4 is 5.78 Å². The lowest BCUT2D eigenvalue weighted by Crippen LogP contribution is -2.47. The first kappa shape index (κ1) is 25.0. The van der Waals surface area contributed by atoms with E-state index in [-0.39, 0.29) is 17.6 Å². The van der Waals surface area contributed by atoms with Crippen molar-refractivity contribution in [1.29, 1.82) is 0 Å². The summed E-state index contributed by atoms with van der Waals surface area (Å²) in [7, 11) is 0. The molecule has 0 aliphatic carbocycles. The lowest BCUT2D eigenvalue weighted by molar-refractivity contribution is -0.347. The van der Waals surface area contributed by atoms with Gasteiger partial charge in [-0.15, -0.1) is 0 Å². The minimum absolute atomic E-state index is 0.0577. The summed E-state index contributed by atoms with van der Waals surface area (Å²) in [5, 5.41) is 29.5. The molecule has 2 rings (SSSR count). The van der Waals surface area contributed by atoms with Crippen molar-refractivity contribution in [3.63, 3.8) is 0 Å². The summed E-state index contributed by atoms with van der Waals surface area (Å²) in [5.74, 6) is -2.95. The van der Waals surface area contributed by atoms with Gasteiger partial charge in [-0.1, -0.05) is 88.4 Å². The van der Waals surface area contributed by atoms with Crippen LogP contribution >= 0.6 is 0 Å². The second-order valence-electron chi connectivity index (χ2n) is 8.06. The molecule has 0 amide bonds. The van der Waals surface area contributed by atoms with Crippen LogP contribution in [0.5, 0.6) is 0 Å². The number of benzene rings is 2. The average molecular weight is 403 g/mol. The molecule has 0 bridgehead atoms. The lowest BCUT2D eigenvalue weighted by atomic mass is 10.0. The fourth-order valence-corrected chi connectivity index (χ4v) is 2.20. The first-order valence-electron chi connectivity index (χ1n) is 9.85.